The lowest BCUT2D eigenvalue weighted by atomic mass is 10.2. The molecule has 0 saturated carbocycles. The maximum absolute atomic E-state index is 13.8. The summed E-state index contributed by atoms with van der Waals surface area (Å²) in [6.45, 7) is 0.504. The molecule has 0 radical (unpaired) electrons. The summed E-state index contributed by atoms with van der Waals surface area (Å²) in [7, 11) is -0.450. The molecule has 0 aliphatic carbocycles. The van der Waals surface area contributed by atoms with Crippen LogP contribution in [-0.4, -0.2) is 50.8 Å². The van der Waals surface area contributed by atoms with Gasteiger partial charge in [-0.15, -0.1) is 0 Å². The van der Waals surface area contributed by atoms with Crippen LogP contribution >= 0.6 is 15.9 Å². The van der Waals surface area contributed by atoms with E-state index in [0.717, 1.165) is 16.4 Å². The van der Waals surface area contributed by atoms with E-state index >= 15 is 0 Å². The van der Waals surface area contributed by atoms with Crippen molar-refractivity contribution < 1.29 is 17.2 Å². The number of sulfonamides is 1. The summed E-state index contributed by atoms with van der Waals surface area (Å²) in [5.41, 5.74) is 0. The predicted octanol–water partition coefficient (Wildman–Crippen LogP) is 2.05. The molecule has 0 unspecified atom stereocenters. The highest BCUT2D eigenvalue weighted by Crippen LogP contribution is 2.28. The smallest absolute Gasteiger partial charge is 0.248 e. The first-order chi connectivity index (χ1) is 9.23. The summed E-state index contributed by atoms with van der Waals surface area (Å²) in [6.07, 6.45) is 0.645. The molecular formula is C12H15BrF2N2O2S. The highest BCUT2D eigenvalue weighted by Gasteiger charge is 2.36. The Morgan fingerprint density at radius 1 is 1.30 bits per heavy atom. The van der Waals surface area contributed by atoms with E-state index in [1.165, 1.54) is 0 Å². The van der Waals surface area contributed by atoms with Crippen molar-refractivity contribution in [2.24, 2.45) is 0 Å². The second kappa shape index (κ2) is 5.67. The molecular weight excluding hydrogens is 354 g/mol. The zero-order valence-corrected chi connectivity index (χ0v) is 13.5. The van der Waals surface area contributed by atoms with Crippen LogP contribution in [0.5, 0.6) is 0 Å². The van der Waals surface area contributed by atoms with Gasteiger partial charge in [0, 0.05) is 23.6 Å². The van der Waals surface area contributed by atoms with Gasteiger partial charge in [-0.2, -0.15) is 4.31 Å². The normalized spacial score (nSPS) is 20.8. The Morgan fingerprint density at radius 2 is 1.85 bits per heavy atom. The number of nitrogens with zero attached hydrogens (tertiary/aromatic N) is 2. The Bertz CT molecular complexity index is 599. The lowest BCUT2D eigenvalue weighted by Crippen LogP contribution is -2.35. The number of likely N-dealkylation sites (N-methyl/N-ethyl adjacent to an activating group) is 1. The van der Waals surface area contributed by atoms with Crippen molar-refractivity contribution >= 4 is 26.0 Å². The summed E-state index contributed by atoms with van der Waals surface area (Å²) in [5, 5.41) is 0. The summed E-state index contributed by atoms with van der Waals surface area (Å²) in [4.78, 5) is 1.03. The van der Waals surface area contributed by atoms with E-state index in [9.17, 15) is 17.2 Å². The number of halogens is 3. The largest absolute Gasteiger partial charge is 0.305 e. The van der Waals surface area contributed by atoms with Gasteiger partial charge in [-0.25, -0.2) is 17.2 Å². The molecule has 20 heavy (non-hydrogen) atoms. The molecule has 4 nitrogen and oxygen atoms in total. The summed E-state index contributed by atoms with van der Waals surface area (Å²) < 4.78 is 53.7. The topological polar surface area (TPSA) is 40.6 Å². The maximum atomic E-state index is 13.8. The van der Waals surface area contributed by atoms with E-state index < -0.39 is 26.6 Å². The van der Waals surface area contributed by atoms with Crippen LogP contribution in [-0.2, 0) is 10.0 Å². The van der Waals surface area contributed by atoms with Gasteiger partial charge in [-0.1, -0.05) is 15.9 Å². The number of benzene rings is 1. The summed E-state index contributed by atoms with van der Waals surface area (Å²) >= 11 is 2.93. The fourth-order valence-electron chi connectivity index (χ4n) is 2.25. The minimum Gasteiger partial charge on any atom is -0.305 e. The molecule has 1 aromatic carbocycles. The quantitative estimate of drug-likeness (QED) is 0.819. The van der Waals surface area contributed by atoms with E-state index in [1.807, 2.05) is 19.0 Å². The van der Waals surface area contributed by atoms with E-state index in [1.54, 1.807) is 0 Å². The van der Waals surface area contributed by atoms with E-state index in [-0.39, 0.29) is 23.6 Å². The van der Waals surface area contributed by atoms with Gasteiger partial charge in [0.25, 0.3) is 0 Å². The second-order valence-corrected chi connectivity index (χ2v) is 7.76. The molecule has 1 heterocycles. The van der Waals surface area contributed by atoms with Crippen molar-refractivity contribution in [1.29, 1.82) is 0 Å². The molecule has 1 atom stereocenters. The Morgan fingerprint density at radius 3 is 2.30 bits per heavy atom. The van der Waals surface area contributed by atoms with E-state index in [2.05, 4.69) is 15.9 Å². The number of rotatable bonds is 3. The van der Waals surface area contributed by atoms with Crippen LogP contribution < -0.4 is 0 Å². The zero-order valence-electron chi connectivity index (χ0n) is 11.1. The fraction of sp³-hybridized carbons (Fsp3) is 0.500. The SMILES string of the molecule is CN(C)[C@@H]1CCN(S(=O)(=O)c2c(F)cc(Br)cc2F)C1. The average Bonchev–Trinajstić information content (AvgIpc) is 2.76. The monoisotopic (exact) mass is 368 g/mol. The second-order valence-electron chi connectivity index (χ2n) is 4.97. The number of hydrogen-bond donors (Lipinski definition) is 0. The molecule has 0 amide bonds. The third-order valence-electron chi connectivity index (χ3n) is 3.42. The predicted molar refractivity (Wildman–Crippen MR) is 74.9 cm³/mol. The Kier molecular flexibility index (Phi) is 4.48. The lowest BCUT2D eigenvalue weighted by molar-refractivity contribution is 0.302. The van der Waals surface area contributed by atoms with Crippen molar-refractivity contribution in [2.75, 3.05) is 27.2 Å². The molecule has 0 N–H and O–H groups in total. The molecule has 1 fully saturated rings. The van der Waals surface area contributed by atoms with Gasteiger partial charge in [0.05, 0.1) is 0 Å². The fourth-order valence-corrected chi connectivity index (χ4v) is 4.24. The minimum atomic E-state index is -4.15. The highest BCUT2D eigenvalue weighted by molar-refractivity contribution is 9.10. The van der Waals surface area contributed by atoms with E-state index in [4.69, 9.17) is 0 Å². The summed E-state index contributed by atoms with van der Waals surface area (Å²) in [6, 6.07) is 1.97. The summed E-state index contributed by atoms with van der Waals surface area (Å²) in [5.74, 6) is -2.16. The average molecular weight is 369 g/mol. The third-order valence-corrected chi connectivity index (χ3v) is 5.79. The number of hydrogen-bond acceptors (Lipinski definition) is 3. The van der Waals surface area contributed by atoms with Crippen LogP contribution in [0.4, 0.5) is 8.78 Å². The molecule has 112 valence electrons. The molecule has 1 saturated heterocycles. The van der Waals surface area contributed by atoms with Crippen LogP contribution in [0.25, 0.3) is 0 Å². The molecule has 0 spiro atoms. The Balaban J connectivity index is 2.38. The third kappa shape index (κ3) is 2.88. The molecule has 1 aliphatic heterocycles. The molecule has 8 heteroatoms. The zero-order chi connectivity index (χ0) is 15.1. The van der Waals surface area contributed by atoms with Crippen molar-refractivity contribution in [3.63, 3.8) is 0 Å². The molecule has 0 bridgehead atoms. The first-order valence-electron chi connectivity index (χ1n) is 6.04. The van der Waals surface area contributed by atoms with Gasteiger partial charge in [-0.3, -0.25) is 0 Å². The highest BCUT2D eigenvalue weighted by atomic mass is 79.9. The van der Waals surface area contributed by atoms with Crippen molar-refractivity contribution in [2.45, 2.75) is 17.4 Å². The van der Waals surface area contributed by atoms with Gasteiger partial charge in [-0.05, 0) is 32.6 Å². The van der Waals surface area contributed by atoms with Crippen LogP contribution in [0.15, 0.2) is 21.5 Å². The minimum absolute atomic E-state index is 0.0614. The van der Waals surface area contributed by atoms with Crippen molar-refractivity contribution in [1.82, 2.24) is 9.21 Å². The van der Waals surface area contributed by atoms with Crippen LogP contribution in [0.2, 0.25) is 0 Å². The molecule has 1 aromatic rings. The molecule has 0 aromatic heterocycles. The van der Waals surface area contributed by atoms with Crippen molar-refractivity contribution in [3.8, 4) is 0 Å². The van der Waals surface area contributed by atoms with Gasteiger partial charge >= 0.3 is 0 Å². The van der Waals surface area contributed by atoms with Gasteiger partial charge < -0.3 is 4.90 Å². The Hall–Kier alpha value is -0.570. The van der Waals surface area contributed by atoms with Crippen LogP contribution in [0.1, 0.15) is 6.42 Å². The van der Waals surface area contributed by atoms with Crippen LogP contribution in [0, 0.1) is 11.6 Å². The lowest BCUT2D eigenvalue weighted by Gasteiger charge is -2.20. The maximum Gasteiger partial charge on any atom is 0.248 e. The van der Waals surface area contributed by atoms with Gasteiger partial charge in [0.1, 0.15) is 11.6 Å². The standard InChI is InChI=1S/C12H15BrF2N2O2S/c1-16(2)9-3-4-17(7-9)20(18,19)12-10(14)5-8(13)6-11(12)15/h5-6,9H,3-4,7H2,1-2H3/t9-/m1/s1. The molecule has 2 rings (SSSR count). The molecule has 1 aliphatic rings. The van der Waals surface area contributed by atoms with Gasteiger partial charge in [0.2, 0.25) is 10.0 Å². The first-order valence-corrected chi connectivity index (χ1v) is 8.28. The Labute approximate surface area is 125 Å². The van der Waals surface area contributed by atoms with E-state index in [0.29, 0.717) is 6.42 Å². The first kappa shape index (κ1) is 15.8. The van der Waals surface area contributed by atoms with Crippen molar-refractivity contribution in [3.05, 3.63) is 28.2 Å². The van der Waals surface area contributed by atoms with Crippen LogP contribution in [0.3, 0.4) is 0 Å². The van der Waals surface area contributed by atoms with Gasteiger partial charge in [0.15, 0.2) is 4.90 Å².